The zero-order chi connectivity index (χ0) is 22.5. The van der Waals surface area contributed by atoms with Crippen LogP contribution in [0, 0.1) is 13.8 Å². The first-order valence-electron chi connectivity index (χ1n) is 10.9. The molecule has 1 aromatic carbocycles. The van der Waals surface area contributed by atoms with Gasteiger partial charge in [0.05, 0.1) is 13.1 Å². The van der Waals surface area contributed by atoms with Crippen LogP contribution in [0.3, 0.4) is 0 Å². The molecule has 164 valence electrons. The number of urea groups is 1. The summed E-state index contributed by atoms with van der Waals surface area (Å²) in [6, 6.07) is 13.2. The Balaban J connectivity index is 1.40. The molecule has 0 unspecified atom stereocenters. The highest BCUT2D eigenvalue weighted by molar-refractivity contribution is 7.09. The van der Waals surface area contributed by atoms with E-state index in [4.69, 9.17) is 0 Å². The second kappa shape index (κ2) is 7.74. The zero-order valence-electron chi connectivity index (χ0n) is 18.2. The molecule has 1 aliphatic heterocycles. The van der Waals surface area contributed by atoms with Crippen LogP contribution in [0.5, 0.6) is 0 Å². The van der Waals surface area contributed by atoms with Crippen molar-refractivity contribution in [3.8, 4) is 0 Å². The first-order chi connectivity index (χ1) is 15.4. The largest absolute Gasteiger partial charge is 0.343 e. The molecule has 2 aromatic heterocycles. The Morgan fingerprint density at radius 2 is 1.97 bits per heavy atom. The highest BCUT2D eigenvalue weighted by Crippen LogP contribution is 2.40. The van der Waals surface area contributed by atoms with Crippen LogP contribution >= 0.6 is 11.3 Å². The van der Waals surface area contributed by atoms with Gasteiger partial charge in [0, 0.05) is 21.8 Å². The molecule has 1 N–H and O–H groups in total. The molecule has 1 atom stereocenters. The second-order valence-corrected chi connectivity index (χ2v) is 9.64. The number of thiophene rings is 1. The molecule has 0 saturated carbocycles. The van der Waals surface area contributed by atoms with Crippen molar-refractivity contribution in [3.05, 3.63) is 80.8 Å². The molecule has 5 rings (SSSR count). The van der Waals surface area contributed by atoms with Crippen molar-refractivity contribution >= 4 is 29.1 Å². The van der Waals surface area contributed by atoms with E-state index < -0.39 is 11.6 Å². The molecule has 3 heterocycles. The van der Waals surface area contributed by atoms with Gasteiger partial charge in [-0.25, -0.2) is 4.79 Å². The lowest BCUT2D eigenvalue weighted by Gasteiger charge is -2.33. The maximum absolute atomic E-state index is 13.5. The Morgan fingerprint density at radius 3 is 2.75 bits per heavy atom. The third-order valence-corrected chi connectivity index (χ3v) is 7.58. The average Bonchev–Trinajstić information content (AvgIpc) is 3.46. The summed E-state index contributed by atoms with van der Waals surface area (Å²) in [5.41, 5.74) is 3.28. The van der Waals surface area contributed by atoms with Gasteiger partial charge in [0.15, 0.2) is 5.78 Å². The molecule has 2 aliphatic rings. The van der Waals surface area contributed by atoms with Crippen molar-refractivity contribution in [1.82, 2.24) is 14.8 Å². The first-order valence-corrected chi connectivity index (χ1v) is 11.7. The van der Waals surface area contributed by atoms with E-state index in [2.05, 4.69) is 16.0 Å². The molecular weight excluding hydrogens is 422 g/mol. The molecular formula is C25H25N3O3S. The van der Waals surface area contributed by atoms with Crippen molar-refractivity contribution in [2.45, 2.75) is 45.2 Å². The monoisotopic (exact) mass is 447 g/mol. The SMILES string of the molecule is Cc1cc(C(=O)CN2C(=O)N[C@@]3(CCCc4ccccc43)C2=O)c(C)n1Cc1cccs1. The summed E-state index contributed by atoms with van der Waals surface area (Å²) >= 11 is 1.67. The fourth-order valence-electron chi connectivity index (χ4n) is 5.07. The summed E-state index contributed by atoms with van der Waals surface area (Å²) in [6.45, 7) is 4.33. The number of Topliss-reactive ketones (excluding diaryl/α,β-unsaturated/α-hetero) is 1. The van der Waals surface area contributed by atoms with Crippen molar-refractivity contribution in [2.24, 2.45) is 0 Å². The predicted octanol–water partition coefficient (Wildman–Crippen LogP) is 4.18. The topological polar surface area (TPSA) is 71.4 Å². The van der Waals surface area contributed by atoms with Crippen LogP contribution in [0.1, 0.15) is 50.6 Å². The summed E-state index contributed by atoms with van der Waals surface area (Å²) in [4.78, 5) is 41.8. The van der Waals surface area contributed by atoms with E-state index >= 15 is 0 Å². The fourth-order valence-corrected chi connectivity index (χ4v) is 5.76. The maximum atomic E-state index is 13.5. The Hall–Kier alpha value is -3.19. The van der Waals surface area contributed by atoms with E-state index in [0.717, 1.165) is 40.3 Å². The zero-order valence-corrected chi connectivity index (χ0v) is 19.0. The molecule has 1 fully saturated rings. The third-order valence-electron chi connectivity index (χ3n) is 6.72. The molecule has 32 heavy (non-hydrogen) atoms. The molecule has 1 saturated heterocycles. The summed E-state index contributed by atoms with van der Waals surface area (Å²) in [7, 11) is 0. The van der Waals surface area contributed by atoms with Gasteiger partial charge < -0.3 is 9.88 Å². The van der Waals surface area contributed by atoms with Gasteiger partial charge in [0.2, 0.25) is 0 Å². The van der Waals surface area contributed by atoms with Gasteiger partial charge in [-0.1, -0.05) is 30.3 Å². The minimum atomic E-state index is -1.05. The molecule has 1 aliphatic carbocycles. The van der Waals surface area contributed by atoms with E-state index in [-0.39, 0.29) is 18.2 Å². The molecule has 3 aromatic rings. The number of fused-ring (bicyclic) bond motifs is 2. The Labute approximate surface area is 190 Å². The smallest absolute Gasteiger partial charge is 0.325 e. The highest BCUT2D eigenvalue weighted by Gasteiger charge is 2.54. The van der Waals surface area contributed by atoms with E-state index in [1.807, 2.05) is 55.6 Å². The van der Waals surface area contributed by atoms with Crippen LogP contribution in [0.2, 0.25) is 0 Å². The number of carbonyl (C=O) groups excluding carboxylic acids is 3. The van der Waals surface area contributed by atoms with E-state index in [0.29, 0.717) is 18.5 Å². The van der Waals surface area contributed by atoms with Gasteiger partial charge in [-0.2, -0.15) is 0 Å². The number of amides is 3. The second-order valence-electron chi connectivity index (χ2n) is 8.61. The van der Waals surface area contributed by atoms with Gasteiger partial charge in [-0.05, 0) is 61.7 Å². The minimum absolute atomic E-state index is 0.222. The van der Waals surface area contributed by atoms with Gasteiger partial charge in [-0.15, -0.1) is 11.3 Å². The lowest BCUT2D eigenvalue weighted by atomic mass is 9.76. The van der Waals surface area contributed by atoms with Gasteiger partial charge in [0.1, 0.15) is 5.54 Å². The number of benzene rings is 1. The van der Waals surface area contributed by atoms with E-state index in [1.54, 1.807) is 11.3 Å². The number of ketones is 1. The molecule has 0 radical (unpaired) electrons. The Bertz CT molecular complexity index is 1230. The first kappa shape index (κ1) is 20.7. The number of hydrogen-bond donors (Lipinski definition) is 1. The summed E-state index contributed by atoms with van der Waals surface area (Å²) in [5.74, 6) is -0.546. The van der Waals surface area contributed by atoms with Crippen molar-refractivity contribution in [2.75, 3.05) is 6.54 Å². The van der Waals surface area contributed by atoms with Crippen LogP contribution in [-0.2, 0) is 23.3 Å². The molecule has 1 spiro atoms. The van der Waals surface area contributed by atoms with Crippen LogP contribution in [0.25, 0.3) is 0 Å². The fraction of sp³-hybridized carbons (Fsp3) is 0.320. The standard InChI is InChI=1S/C25H25N3O3S/c1-16-13-20(17(2)27(16)14-19-9-6-12-32-19)22(29)15-28-23(30)25(26-24(28)31)11-5-8-18-7-3-4-10-21(18)25/h3-4,6-7,9-10,12-13H,5,8,11,14-15H2,1-2H3,(H,26,31)/t25-/m1/s1. The summed E-state index contributed by atoms with van der Waals surface area (Å²) in [5, 5.41) is 4.96. The van der Waals surface area contributed by atoms with Crippen molar-refractivity contribution in [3.63, 3.8) is 0 Å². The summed E-state index contributed by atoms with van der Waals surface area (Å²) < 4.78 is 2.10. The normalized spacial score (nSPS) is 20.0. The van der Waals surface area contributed by atoms with Gasteiger partial charge in [0.25, 0.3) is 5.91 Å². The number of nitrogens with zero attached hydrogens (tertiary/aromatic N) is 2. The van der Waals surface area contributed by atoms with Crippen LogP contribution in [0.4, 0.5) is 4.79 Å². The maximum Gasteiger partial charge on any atom is 0.325 e. The van der Waals surface area contributed by atoms with Crippen molar-refractivity contribution in [1.29, 1.82) is 0 Å². The van der Waals surface area contributed by atoms with E-state index in [1.165, 1.54) is 4.88 Å². The quantitative estimate of drug-likeness (QED) is 0.471. The van der Waals surface area contributed by atoms with Crippen molar-refractivity contribution < 1.29 is 14.4 Å². The lowest BCUT2D eigenvalue weighted by Crippen LogP contribution is -2.46. The average molecular weight is 448 g/mol. The lowest BCUT2D eigenvalue weighted by molar-refractivity contribution is -0.131. The predicted molar refractivity (Wildman–Crippen MR) is 123 cm³/mol. The Morgan fingerprint density at radius 1 is 1.16 bits per heavy atom. The molecule has 0 bridgehead atoms. The van der Waals surface area contributed by atoms with Gasteiger partial charge >= 0.3 is 6.03 Å². The number of nitrogens with one attached hydrogen (secondary N) is 1. The third kappa shape index (κ3) is 3.19. The van der Waals surface area contributed by atoms with Gasteiger partial charge in [-0.3, -0.25) is 14.5 Å². The minimum Gasteiger partial charge on any atom is -0.343 e. The highest BCUT2D eigenvalue weighted by atomic mass is 32.1. The van der Waals surface area contributed by atoms with Crippen LogP contribution in [-0.4, -0.2) is 33.7 Å². The molecule has 3 amide bonds. The molecule has 7 heteroatoms. The van der Waals surface area contributed by atoms with Crippen LogP contribution in [0.15, 0.2) is 47.8 Å². The number of hydrogen-bond acceptors (Lipinski definition) is 4. The number of aryl methyl sites for hydroxylation is 2. The number of aromatic nitrogens is 1. The Kier molecular flexibility index (Phi) is 5.01. The summed E-state index contributed by atoms with van der Waals surface area (Å²) in [6.07, 6.45) is 2.25. The number of imide groups is 1. The number of carbonyl (C=O) groups is 3. The number of rotatable bonds is 5. The van der Waals surface area contributed by atoms with Crippen LogP contribution < -0.4 is 5.32 Å². The van der Waals surface area contributed by atoms with E-state index in [9.17, 15) is 14.4 Å². The molecule has 6 nitrogen and oxygen atoms in total.